The smallest absolute Gasteiger partial charge is 0.236 e. The molecule has 1 aromatic carbocycles. The highest BCUT2D eigenvalue weighted by Crippen LogP contribution is 2.56. The van der Waals surface area contributed by atoms with E-state index < -0.39 is 0 Å². The highest BCUT2D eigenvalue weighted by atomic mass is 19.1. The predicted octanol–water partition coefficient (Wildman–Crippen LogP) is 2.68. The van der Waals surface area contributed by atoms with Gasteiger partial charge in [-0.25, -0.2) is 4.39 Å². The van der Waals surface area contributed by atoms with Crippen LogP contribution in [0, 0.1) is 11.2 Å². The van der Waals surface area contributed by atoms with Crippen molar-refractivity contribution >= 4 is 11.6 Å². The molecular weight excluding hydrogens is 293 g/mol. The Bertz CT molecular complexity index is 711. The zero-order chi connectivity index (χ0) is 15.9. The highest BCUT2D eigenvalue weighted by Gasteiger charge is 2.61. The average Bonchev–Trinajstić information content (AvgIpc) is 2.61. The normalized spacial score (nSPS) is 22.9. The fourth-order valence-electron chi connectivity index (χ4n) is 3.89. The van der Waals surface area contributed by atoms with Gasteiger partial charge in [0.15, 0.2) is 0 Å². The molecule has 2 aliphatic rings. The van der Waals surface area contributed by atoms with Crippen LogP contribution in [0.5, 0.6) is 0 Å². The molecule has 1 spiro atoms. The van der Waals surface area contributed by atoms with Crippen LogP contribution in [0.2, 0.25) is 0 Å². The monoisotopic (exact) mass is 311 g/mol. The third-order valence-electron chi connectivity index (χ3n) is 5.03. The van der Waals surface area contributed by atoms with Gasteiger partial charge in [0.2, 0.25) is 5.91 Å². The van der Waals surface area contributed by atoms with Crippen LogP contribution in [0.4, 0.5) is 10.1 Å². The number of hydrogen-bond donors (Lipinski definition) is 1. The van der Waals surface area contributed by atoms with Gasteiger partial charge >= 0.3 is 0 Å². The van der Waals surface area contributed by atoms with E-state index in [9.17, 15) is 9.18 Å². The Hall–Kier alpha value is -2.27. The Morgan fingerprint density at radius 1 is 1.17 bits per heavy atom. The van der Waals surface area contributed by atoms with Gasteiger partial charge in [-0.2, -0.15) is 0 Å². The summed E-state index contributed by atoms with van der Waals surface area (Å²) in [6.45, 7) is 1.69. The van der Waals surface area contributed by atoms with Gasteiger partial charge in [0, 0.05) is 18.1 Å². The molecule has 4 nitrogen and oxygen atoms in total. The van der Waals surface area contributed by atoms with Crippen LogP contribution in [-0.4, -0.2) is 24.0 Å². The fraction of sp³-hybridized carbons (Fsp3) is 0.333. The summed E-state index contributed by atoms with van der Waals surface area (Å²) in [4.78, 5) is 19.0. The summed E-state index contributed by atoms with van der Waals surface area (Å²) in [5.74, 6) is -0.157. The van der Waals surface area contributed by atoms with Gasteiger partial charge in [-0.15, -0.1) is 0 Å². The molecule has 1 unspecified atom stereocenters. The molecule has 1 aromatic heterocycles. The molecule has 118 valence electrons. The lowest BCUT2D eigenvalue weighted by molar-refractivity contribution is -0.142. The van der Waals surface area contributed by atoms with Crippen molar-refractivity contribution in [3.63, 3.8) is 0 Å². The van der Waals surface area contributed by atoms with Crippen LogP contribution in [0.25, 0.3) is 0 Å². The number of carbonyl (C=O) groups excluding carboxylic acids is 1. The topological polar surface area (TPSA) is 45.2 Å². The van der Waals surface area contributed by atoms with Gasteiger partial charge in [0.05, 0.1) is 11.5 Å². The zero-order valence-electron chi connectivity index (χ0n) is 12.7. The Morgan fingerprint density at radius 3 is 2.57 bits per heavy atom. The van der Waals surface area contributed by atoms with E-state index in [1.807, 2.05) is 18.3 Å². The predicted molar refractivity (Wildman–Crippen MR) is 85.4 cm³/mol. The van der Waals surface area contributed by atoms with E-state index in [1.165, 1.54) is 12.1 Å². The number of hydrogen-bond acceptors (Lipinski definition) is 3. The summed E-state index contributed by atoms with van der Waals surface area (Å²) >= 11 is 0. The Kier molecular flexibility index (Phi) is 3.38. The molecule has 2 aromatic rings. The number of halogens is 1. The van der Waals surface area contributed by atoms with Crippen LogP contribution in [0.3, 0.4) is 0 Å². The van der Waals surface area contributed by atoms with E-state index in [4.69, 9.17) is 0 Å². The number of rotatable bonds is 2. The van der Waals surface area contributed by atoms with Gasteiger partial charge in [-0.3, -0.25) is 9.78 Å². The van der Waals surface area contributed by atoms with Crippen molar-refractivity contribution in [2.75, 3.05) is 18.0 Å². The number of piperidine rings is 1. The van der Waals surface area contributed by atoms with Gasteiger partial charge < -0.3 is 10.2 Å². The van der Waals surface area contributed by atoms with Gasteiger partial charge in [-0.1, -0.05) is 6.07 Å². The minimum Gasteiger partial charge on any atom is -0.317 e. The first kappa shape index (κ1) is 14.3. The van der Waals surface area contributed by atoms with Crippen LogP contribution in [0.15, 0.2) is 48.8 Å². The molecule has 0 radical (unpaired) electrons. The minimum atomic E-state index is -0.358. The standard InChI is InChI=1S/C18H18FN3O/c19-14-3-5-15(6-4-14)22-16(13-2-1-9-21-12-13)18(17(22)23)7-10-20-11-8-18/h1-6,9,12,16,20H,7-8,10-11H2. The van der Waals surface area contributed by atoms with Gasteiger partial charge in [-0.05, 0) is 61.8 Å². The average molecular weight is 311 g/mol. The van der Waals surface area contributed by atoms with E-state index in [2.05, 4.69) is 10.3 Å². The van der Waals surface area contributed by atoms with Crippen molar-refractivity contribution in [1.29, 1.82) is 0 Å². The lowest BCUT2D eigenvalue weighted by atomic mass is 9.62. The Labute approximate surface area is 134 Å². The van der Waals surface area contributed by atoms with Crippen molar-refractivity contribution < 1.29 is 9.18 Å². The number of aromatic nitrogens is 1. The maximum Gasteiger partial charge on any atom is 0.236 e. The number of anilines is 1. The van der Waals surface area contributed by atoms with E-state index in [0.29, 0.717) is 0 Å². The molecule has 0 bridgehead atoms. The molecule has 3 heterocycles. The molecule has 2 saturated heterocycles. The number of nitrogens with zero attached hydrogens (tertiary/aromatic N) is 2. The zero-order valence-corrected chi connectivity index (χ0v) is 12.7. The quantitative estimate of drug-likeness (QED) is 0.867. The number of nitrogens with one attached hydrogen (secondary N) is 1. The number of amides is 1. The molecule has 2 aliphatic heterocycles. The minimum absolute atomic E-state index is 0.0312. The number of pyridine rings is 1. The molecule has 1 amide bonds. The molecule has 23 heavy (non-hydrogen) atoms. The summed E-state index contributed by atoms with van der Waals surface area (Å²) in [7, 11) is 0. The second-order valence-corrected chi connectivity index (χ2v) is 6.25. The maximum atomic E-state index is 13.2. The summed E-state index contributed by atoms with van der Waals surface area (Å²) in [6.07, 6.45) is 5.21. The Morgan fingerprint density at radius 2 is 1.91 bits per heavy atom. The van der Waals surface area contributed by atoms with Crippen LogP contribution < -0.4 is 10.2 Å². The summed E-state index contributed by atoms with van der Waals surface area (Å²) in [6, 6.07) is 10.0. The first-order valence-electron chi connectivity index (χ1n) is 7.92. The number of carbonyl (C=O) groups is 1. The third-order valence-corrected chi connectivity index (χ3v) is 5.03. The number of benzene rings is 1. The second-order valence-electron chi connectivity index (χ2n) is 6.25. The molecule has 4 rings (SSSR count). The molecular formula is C18H18FN3O. The molecule has 0 saturated carbocycles. The van der Waals surface area contributed by atoms with E-state index in [0.717, 1.165) is 37.2 Å². The summed E-state index contributed by atoms with van der Waals surface area (Å²) < 4.78 is 13.2. The first-order chi connectivity index (χ1) is 11.2. The molecule has 1 N–H and O–H groups in total. The maximum absolute atomic E-state index is 13.2. The van der Waals surface area contributed by atoms with Crippen molar-refractivity contribution in [3.8, 4) is 0 Å². The van der Waals surface area contributed by atoms with E-state index in [1.54, 1.807) is 23.2 Å². The highest BCUT2D eigenvalue weighted by molar-refractivity contribution is 6.06. The van der Waals surface area contributed by atoms with Crippen LogP contribution in [0.1, 0.15) is 24.4 Å². The molecule has 5 heteroatoms. The summed E-state index contributed by atoms with van der Waals surface area (Å²) in [5, 5.41) is 3.33. The fourth-order valence-corrected chi connectivity index (χ4v) is 3.89. The second kappa shape index (κ2) is 5.42. The third kappa shape index (κ3) is 2.15. The van der Waals surface area contributed by atoms with Crippen molar-refractivity contribution in [2.45, 2.75) is 18.9 Å². The molecule has 1 atom stereocenters. The van der Waals surface area contributed by atoms with Crippen molar-refractivity contribution in [1.82, 2.24) is 10.3 Å². The van der Waals surface area contributed by atoms with Crippen LogP contribution in [-0.2, 0) is 4.79 Å². The lowest BCUT2D eigenvalue weighted by Gasteiger charge is -2.57. The SMILES string of the molecule is O=C1N(c2ccc(F)cc2)C(c2cccnc2)C12CCNCC2. The molecule has 0 aliphatic carbocycles. The lowest BCUT2D eigenvalue weighted by Crippen LogP contribution is -2.66. The van der Waals surface area contributed by atoms with E-state index in [-0.39, 0.29) is 23.2 Å². The van der Waals surface area contributed by atoms with E-state index >= 15 is 0 Å². The summed E-state index contributed by atoms with van der Waals surface area (Å²) in [5.41, 5.74) is 1.43. The van der Waals surface area contributed by atoms with Crippen LogP contribution >= 0.6 is 0 Å². The Balaban J connectivity index is 1.76. The largest absolute Gasteiger partial charge is 0.317 e. The van der Waals surface area contributed by atoms with Gasteiger partial charge in [0.25, 0.3) is 0 Å². The number of β-lactam (4-membered cyclic amide) rings is 1. The van der Waals surface area contributed by atoms with Gasteiger partial charge in [0.1, 0.15) is 5.82 Å². The molecule has 2 fully saturated rings. The van der Waals surface area contributed by atoms with Crippen molar-refractivity contribution in [3.05, 3.63) is 60.2 Å². The van der Waals surface area contributed by atoms with Crippen molar-refractivity contribution in [2.24, 2.45) is 5.41 Å². The first-order valence-corrected chi connectivity index (χ1v) is 7.92.